The van der Waals surface area contributed by atoms with Gasteiger partial charge in [0, 0.05) is 13.1 Å². The molecule has 0 radical (unpaired) electrons. The lowest BCUT2D eigenvalue weighted by Crippen LogP contribution is -2.23. The van der Waals surface area contributed by atoms with Crippen LogP contribution in [0, 0.1) is 5.92 Å². The number of rotatable bonds is 5. The molecule has 0 fully saturated rings. The van der Waals surface area contributed by atoms with E-state index >= 15 is 0 Å². The predicted molar refractivity (Wildman–Crippen MR) is 67.4 cm³/mol. The van der Waals surface area contributed by atoms with Gasteiger partial charge in [-0.05, 0) is 12.5 Å². The van der Waals surface area contributed by atoms with Gasteiger partial charge in [-0.15, -0.1) is 0 Å². The average Bonchev–Trinajstić information content (AvgIpc) is 2.69. The third-order valence-electron chi connectivity index (χ3n) is 2.51. The Morgan fingerprint density at radius 2 is 2.18 bits per heavy atom. The molecule has 2 aromatic heterocycles. The number of nitrogens with one attached hydrogen (secondary N) is 1. The smallest absolute Gasteiger partial charge is 0.165 e. The topological polar surface area (TPSA) is 81.7 Å². The van der Waals surface area contributed by atoms with Crippen LogP contribution in [0.5, 0.6) is 0 Å². The standard InChI is InChI=1S/C11H18N6/c1-8(2)5-13-3-4-17-7-16-9-10(12)14-6-15-11(9)17/h6-8,13H,3-5H2,1-2H3,(H2,12,14,15). The summed E-state index contributed by atoms with van der Waals surface area (Å²) < 4.78 is 1.99. The molecule has 2 heterocycles. The molecule has 0 aromatic carbocycles. The van der Waals surface area contributed by atoms with Gasteiger partial charge in [0.25, 0.3) is 0 Å². The molecule has 6 nitrogen and oxygen atoms in total. The quantitative estimate of drug-likeness (QED) is 0.742. The molecule has 0 atom stereocenters. The van der Waals surface area contributed by atoms with Crippen LogP contribution < -0.4 is 11.1 Å². The summed E-state index contributed by atoms with van der Waals surface area (Å²) in [7, 11) is 0. The third kappa shape index (κ3) is 2.71. The van der Waals surface area contributed by atoms with Gasteiger partial charge in [-0.2, -0.15) is 0 Å². The Morgan fingerprint density at radius 3 is 2.94 bits per heavy atom. The molecule has 0 spiro atoms. The van der Waals surface area contributed by atoms with Crippen LogP contribution in [0.25, 0.3) is 11.2 Å². The molecular formula is C11H18N6. The molecule has 0 unspecified atom stereocenters. The van der Waals surface area contributed by atoms with E-state index in [1.54, 1.807) is 6.33 Å². The van der Waals surface area contributed by atoms with Crippen molar-refractivity contribution in [3.05, 3.63) is 12.7 Å². The zero-order valence-electron chi connectivity index (χ0n) is 10.2. The van der Waals surface area contributed by atoms with Gasteiger partial charge >= 0.3 is 0 Å². The Hall–Kier alpha value is -1.69. The minimum atomic E-state index is 0.434. The summed E-state index contributed by atoms with van der Waals surface area (Å²) >= 11 is 0. The highest BCUT2D eigenvalue weighted by Gasteiger charge is 2.06. The van der Waals surface area contributed by atoms with E-state index in [1.165, 1.54) is 6.33 Å². The van der Waals surface area contributed by atoms with E-state index in [2.05, 4.69) is 34.1 Å². The van der Waals surface area contributed by atoms with Crippen molar-refractivity contribution in [1.82, 2.24) is 24.8 Å². The van der Waals surface area contributed by atoms with Crippen LogP contribution in [0.1, 0.15) is 13.8 Å². The summed E-state index contributed by atoms with van der Waals surface area (Å²) in [5.74, 6) is 1.09. The van der Waals surface area contributed by atoms with E-state index in [0.717, 1.165) is 25.3 Å². The van der Waals surface area contributed by atoms with E-state index in [9.17, 15) is 0 Å². The Morgan fingerprint density at radius 1 is 1.35 bits per heavy atom. The Bertz CT molecular complexity index is 490. The van der Waals surface area contributed by atoms with Crippen molar-refractivity contribution in [2.24, 2.45) is 5.92 Å². The van der Waals surface area contributed by atoms with Crippen molar-refractivity contribution >= 4 is 17.0 Å². The summed E-state index contributed by atoms with van der Waals surface area (Å²) in [6, 6.07) is 0. The van der Waals surface area contributed by atoms with E-state index in [0.29, 0.717) is 17.3 Å². The van der Waals surface area contributed by atoms with E-state index < -0.39 is 0 Å². The molecule has 3 N–H and O–H groups in total. The minimum absolute atomic E-state index is 0.434. The molecule has 17 heavy (non-hydrogen) atoms. The van der Waals surface area contributed by atoms with Gasteiger partial charge in [0.1, 0.15) is 11.8 Å². The monoisotopic (exact) mass is 234 g/mol. The second kappa shape index (κ2) is 5.09. The van der Waals surface area contributed by atoms with E-state index in [1.807, 2.05) is 4.57 Å². The fourth-order valence-corrected chi connectivity index (χ4v) is 1.65. The number of hydrogen-bond donors (Lipinski definition) is 2. The van der Waals surface area contributed by atoms with Crippen LogP contribution >= 0.6 is 0 Å². The third-order valence-corrected chi connectivity index (χ3v) is 2.51. The number of nitrogen functional groups attached to an aromatic ring is 1. The first-order chi connectivity index (χ1) is 8.18. The fourth-order valence-electron chi connectivity index (χ4n) is 1.65. The van der Waals surface area contributed by atoms with E-state index in [4.69, 9.17) is 5.73 Å². The highest BCUT2D eigenvalue weighted by molar-refractivity contribution is 5.80. The van der Waals surface area contributed by atoms with Crippen LogP contribution in [0.2, 0.25) is 0 Å². The van der Waals surface area contributed by atoms with Crippen LogP contribution in [0.4, 0.5) is 5.82 Å². The molecule has 0 aliphatic heterocycles. The Balaban J connectivity index is 2.02. The van der Waals surface area contributed by atoms with Gasteiger partial charge in [0.15, 0.2) is 11.5 Å². The number of aromatic nitrogens is 4. The molecule has 92 valence electrons. The zero-order chi connectivity index (χ0) is 12.3. The van der Waals surface area contributed by atoms with Crippen LogP contribution in [0.3, 0.4) is 0 Å². The molecule has 6 heteroatoms. The highest BCUT2D eigenvalue weighted by atomic mass is 15.1. The van der Waals surface area contributed by atoms with Crippen LogP contribution in [-0.2, 0) is 6.54 Å². The average molecular weight is 234 g/mol. The lowest BCUT2D eigenvalue weighted by Gasteiger charge is -2.08. The number of hydrogen-bond acceptors (Lipinski definition) is 5. The Labute approximate surface area is 100 Å². The maximum absolute atomic E-state index is 5.72. The lowest BCUT2D eigenvalue weighted by molar-refractivity contribution is 0.527. The second-order valence-electron chi connectivity index (χ2n) is 4.47. The van der Waals surface area contributed by atoms with Gasteiger partial charge in [-0.25, -0.2) is 15.0 Å². The van der Waals surface area contributed by atoms with Crippen molar-refractivity contribution < 1.29 is 0 Å². The summed E-state index contributed by atoms with van der Waals surface area (Å²) in [4.78, 5) is 12.3. The van der Waals surface area contributed by atoms with Gasteiger partial charge in [0.05, 0.1) is 6.33 Å². The van der Waals surface area contributed by atoms with Gasteiger partial charge in [0.2, 0.25) is 0 Å². The van der Waals surface area contributed by atoms with Crippen molar-refractivity contribution in [2.45, 2.75) is 20.4 Å². The number of fused-ring (bicyclic) bond motifs is 1. The number of anilines is 1. The molecule has 0 aliphatic rings. The number of imidazole rings is 1. The molecule has 2 aromatic rings. The summed E-state index contributed by atoms with van der Waals surface area (Å²) in [6.45, 7) is 7.12. The van der Waals surface area contributed by atoms with Crippen molar-refractivity contribution in [1.29, 1.82) is 0 Å². The first kappa shape index (κ1) is 11.8. The fraction of sp³-hybridized carbons (Fsp3) is 0.545. The van der Waals surface area contributed by atoms with Crippen molar-refractivity contribution in [3.8, 4) is 0 Å². The molecule has 2 rings (SSSR count). The summed E-state index contributed by atoms with van der Waals surface area (Å²) in [5.41, 5.74) is 7.19. The molecule has 0 bridgehead atoms. The molecule has 0 amide bonds. The van der Waals surface area contributed by atoms with Crippen molar-refractivity contribution in [2.75, 3.05) is 18.8 Å². The molecule has 0 aliphatic carbocycles. The maximum atomic E-state index is 5.72. The summed E-state index contributed by atoms with van der Waals surface area (Å²) in [6.07, 6.45) is 3.23. The highest BCUT2D eigenvalue weighted by Crippen LogP contribution is 2.13. The number of nitrogens with zero attached hydrogens (tertiary/aromatic N) is 4. The van der Waals surface area contributed by atoms with Gasteiger partial charge in [-0.1, -0.05) is 13.8 Å². The molecular weight excluding hydrogens is 216 g/mol. The molecule has 0 saturated heterocycles. The van der Waals surface area contributed by atoms with Gasteiger partial charge in [-0.3, -0.25) is 0 Å². The summed E-state index contributed by atoms with van der Waals surface area (Å²) in [5, 5.41) is 3.38. The predicted octanol–water partition coefficient (Wildman–Crippen LogP) is 0.654. The normalized spacial score (nSPS) is 11.5. The zero-order valence-corrected chi connectivity index (χ0v) is 10.2. The number of nitrogens with two attached hydrogens (primary N) is 1. The first-order valence-corrected chi connectivity index (χ1v) is 5.80. The van der Waals surface area contributed by atoms with Gasteiger partial charge < -0.3 is 15.6 Å². The molecule has 0 saturated carbocycles. The van der Waals surface area contributed by atoms with Crippen LogP contribution in [0.15, 0.2) is 12.7 Å². The van der Waals surface area contributed by atoms with Crippen LogP contribution in [-0.4, -0.2) is 32.6 Å². The second-order valence-corrected chi connectivity index (χ2v) is 4.47. The van der Waals surface area contributed by atoms with E-state index in [-0.39, 0.29) is 0 Å². The lowest BCUT2D eigenvalue weighted by atomic mass is 10.2. The Kier molecular flexibility index (Phi) is 3.53. The van der Waals surface area contributed by atoms with Crippen molar-refractivity contribution in [3.63, 3.8) is 0 Å². The maximum Gasteiger partial charge on any atom is 0.165 e. The first-order valence-electron chi connectivity index (χ1n) is 5.80. The minimum Gasteiger partial charge on any atom is -0.382 e. The largest absolute Gasteiger partial charge is 0.382 e. The SMILES string of the molecule is CC(C)CNCCn1cnc2c(N)ncnc21.